The lowest BCUT2D eigenvalue weighted by molar-refractivity contribution is -0.126. The second-order valence-electron chi connectivity index (χ2n) is 6.21. The van der Waals surface area contributed by atoms with Crippen molar-refractivity contribution < 1.29 is 23.8 Å². The minimum Gasteiger partial charge on any atom is -0.497 e. The molecule has 0 spiro atoms. The molecule has 150 valence electrons. The number of nitrogens with one attached hydrogen (secondary N) is 1. The van der Waals surface area contributed by atoms with Crippen LogP contribution >= 0.6 is 11.3 Å². The lowest BCUT2D eigenvalue weighted by Gasteiger charge is -2.14. The number of hydrogen-bond donors (Lipinski definition) is 1. The van der Waals surface area contributed by atoms with Crippen molar-refractivity contribution in [2.24, 2.45) is 5.92 Å². The van der Waals surface area contributed by atoms with E-state index in [9.17, 15) is 9.59 Å². The number of carbonyl (C=O) groups excluding carboxylic acids is 2. The minimum absolute atomic E-state index is 0.139. The molecule has 1 saturated heterocycles. The summed E-state index contributed by atoms with van der Waals surface area (Å²) in [6.45, 7) is 0.897. The van der Waals surface area contributed by atoms with Crippen molar-refractivity contribution in [2.45, 2.75) is 19.6 Å². The first-order valence-electron chi connectivity index (χ1n) is 8.66. The van der Waals surface area contributed by atoms with Gasteiger partial charge in [-0.2, -0.15) is 0 Å². The molecule has 1 aliphatic rings. The quantitative estimate of drug-likeness (QED) is 0.706. The van der Waals surface area contributed by atoms with Crippen molar-refractivity contribution >= 4 is 28.3 Å². The fourth-order valence-corrected chi connectivity index (χ4v) is 3.79. The summed E-state index contributed by atoms with van der Waals surface area (Å²) in [4.78, 5) is 26.4. The summed E-state index contributed by atoms with van der Waals surface area (Å²) in [5, 5.41) is 12.1. The Bertz CT molecular complexity index is 856. The van der Waals surface area contributed by atoms with E-state index in [1.807, 2.05) is 6.07 Å². The molecular formula is C18H22N4O5S. The van der Waals surface area contributed by atoms with Crippen LogP contribution in [0.1, 0.15) is 17.0 Å². The maximum absolute atomic E-state index is 12.6. The number of amides is 2. The first-order valence-corrected chi connectivity index (χ1v) is 9.47. The highest BCUT2D eigenvalue weighted by atomic mass is 32.1. The number of hydrogen-bond acceptors (Lipinski definition) is 8. The molecule has 1 unspecified atom stereocenters. The number of aromatic nitrogens is 2. The van der Waals surface area contributed by atoms with Crippen LogP contribution < -0.4 is 19.7 Å². The summed E-state index contributed by atoms with van der Waals surface area (Å²) >= 11 is 1.29. The van der Waals surface area contributed by atoms with Gasteiger partial charge in [0.1, 0.15) is 23.1 Å². The van der Waals surface area contributed by atoms with Crippen LogP contribution in [0.3, 0.4) is 0 Å². The van der Waals surface area contributed by atoms with E-state index >= 15 is 0 Å². The summed E-state index contributed by atoms with van der Waals surface area (Å²) < 4.78 is 15.6. The average Bonchev–Trinajstić information content (AvgIpc) is 3.32. The van der Waals surface area contributed by atoms with Crippen molar-refractivity contribution in [1.82, 2.24) is 15.5 Å². The molecule has 28 heavy (non-hydrogen) atoms. The van der Waals surface area contributed by atoms with E-state index in [2.05, 4.69) is 15.5 Å². The standard InChI is InChI=1S/C18H22N4O5S/c1-25-10-15-20-21-18(28-15)22-9-12(7-16(22)23)17(24)19-8-11-6-13(26-2)4-5-14(11)27-3/h4-6,12H,7-10H2,1-3H3,(H,19,24). The monoisotopic (exact) mass is 406 g/mol. The molecule has 1 N–H and O–H groups in total. The van der Waals surface area contributed by atoms with E-state index in [0.717, 1.165) is 5.56 Å². The normalized spacial score (nSPS) is 16.3. The maximum atomic E-state index is 12.6. The highest BCUT2D eigenvalue weighted by molar-refractivity contribution is 7.15. The average molecular weight is 406 g/mol. The van der Waals surface area contributed by atoms with Crippen molar-refractivity contribution in [3.05, 3.63) is 28.8 Å². The van der Waals surface area contributed by atoms with Gasteiger partial charge in [0.15, 0.2) is 0 Å². The Morgan fingerprint density at radius 2 is 2.11 bits per heavy atom. The molecule has 1 aromatic heterocycles. The summed E-state index contributed by atoms with van der Waals surface area (Å²) in [6, 6.07) is 5.38. The topological polar surface area (TPSA) is 103 Å². The Morgan fingerprint density at radius 3 is 2.82 bits per heavy atom. The Kier molecular flexibility index (Phi) is 6.42. The Balaban J connectivity index is 1.62. The molecule has 2 heterocycles. The van der Waals surface area contributed by atoms with Crippen LogP contribution in [0.4, 0.5) is 5.13 Å². The minimum atomic E-state index is -0.445. The van der Waals surface area contributed by atoms with Crippen LogP contribution in [0.5, 0.6) is 11.5 Å². The summed E-state index contributed by atoms with van der Waals surface area (Å²) in [7, 11) is 4.72. The molecule has 10 heteroatoms. The highest BCUT2D eigenvalue weighted by Crippen LogP contribution is 2.29. The Hall–Kier alpha value is -2.72. The van der Waals surface area contributed by atoms with Gasteiger partial charge in [0.2, 0.25) is 16.9 Å². The van der Waals surface area contributed by atoms with Gasteiger partial charge in [-0.25, -0.2) is 0 Å². The zero-order valence-corrected chi connectivity index (χ0v) is 16.7. The van der Waals surface area contributed by atoms with Crippen molar-refractivity contribution in [2.75, 3.05) is 32.8 Å². The molecule has 1 aromatic carbocycles. The summed E-state index contributed by atoms with van der Waals surface area (Å²) in [5.74, 6) is 0.556. The second-order valence-corrected chi connectivity index (χ2v) is 7.25. The lowest BCUT2D eigenvalue weighted by atomic mass is 10.1. The third-order valence-corrected chi connectivity index (χ3v) is 5.31. The predicted octanol–water partition coefficient (Wildman–Crippen LogP) is 1.37. The van der Waals surface area contributed by atoms with Crippen LogP contribution in [0.2, 0.25) is 0 Å². The van der Waals surface area contributed by atoms with Gasteiger partial charge >= 0.3 is 0 Å². The van der Waals surface area contributed by atoms with E-state index in [1.54, 1.807) is 33.5 Å². The smallest absolute Gasteiger partial charge is 0.229 e. The number of anilines is 1. The second kappa shape index (κ2) is 8.98. The molecule has 2 aromatic rings. The number of nitrogens with zero attached hydrogens (tertiary/aromatic N) is 3. The van der Waals surface area contributed by atoms with Gasteiger partial charge in [0.25, 0.3) is 0 Å². The fourth-order valence-electron chi connectivity index (χ4n) is 2.95. The SMILES string of the molecule is COCc1nnc(N2CC(C(=O)NCc3cc(OC)ccc3OC)CC2=O)s1. The fraction of sp³-hybridized carbons (Fsp3) is 0.444. The van der Waals surface area contributed by atoms with Crippen molar-refractivity contribution in [3.8, 4) is 11.5 Å². The van der Waals surface area contributed by atoms with Gasteiger partial charge in [0.05, 0.1) is 20.1 Å². The van der Waals surface area contributed by atoms with E-state index in [4.69, 9.17) is 14.2 Å². The molecule has 0 bridgehead atoms. The van der Waals surface area contributed by atoms with Gasteiger partial charge in [-0.3, -0.25) is 14.5 Å². The van der Waals surface area contributed by atoms with Crippen LogP contribution in [0.25, 0.3) is 0 Å². The van der Waals surface area contributed by atoms with Crippen molar-refractivity contribution in [3.63, 3.8) is 0 Å². The molecule has 3 rings (SSSR count). The number of methoxy groups -OCH3 is 3. The zero-order valence-electron chi connectivity index (χ0n) is 15.9. The van der Waals surface area contributed by atoms with E-state index in [0.29, 0.717) is 28.2 Å². The molecule has 0 radical (unpaired) electrons. The molecular weight excluding hydrogens is 384 g/mol. The predicted molar refractivity (Wildman–Crippen MR) is 102 cm³/mol. The van der Waals surface area contributed by atoms with Gasteiger partial charge < -0.3 is 19.5 Å². The van der Waals surface area contributed by atoms with E-state index in [-0.39, 0.29) is 31.3 Å². The molecule has 0 aliphatic carbocycles. The molecule has 1 fully saturated rings. The highest BCUT2D eigenvalue weighted by Gasteiger charge is 2.36. The molecule has 2 amide bonds. The Morgan fingerprint density at radius 1 is 1.29 bits per heavy atom. The third kappa shape index (κ3) is 4.39. The van der Waals surface area contributed by atoms with Gasteiger partial charge in [-0.1, -0.05) is 11.3 Å². The van der Waals surface area contributed by atoms with Crippen LogP contribution in [0, 0.1) is 5.92 Å². The Labute approximate surface area is 166 Å². The van der Waals surface area contributed by atoms with E-state index < -0.39 is 5.92 Å². The third-order valence-electron chi connectivity index (χ3n) is 4.39. The first-order chi connectivity index (χ1) is 13.5. The van der Waals surface area contributed by atoms with Gasteiger partial charge in [-0.15, -0.1) is 10.2 Å². The van der Waals surface area contributed by atoms with Crippen LogP contribution in [-0.2, 0) is 27.5 Å². The van der Waals surface area contributed by atoms with E-state index in [1.165, 1.54) is 16.2 Å². The molecule has 0 saturated carbocycles. The number of ether oxygens (including phenoxy) is 3. The number of rotatable bonds is 8. The zero-order chi connectivity index (χ0) is 20.1. The summed E-state index contributed by atoms with van der Waals surface area (Å²) in [5.41, 5.74) is 0.796. The summed E-state index contributed by atoms with van der Waals surface area (Å²) in [6.07, 6.45) is 0.139. The van der Waals surface area contributed by atoms with Crippen molar-refractivity contribution in [1.29, 1.82) is 0 Å². The molecule has 1 atom stereocenters. The number of carbonyl (C=O) groups is 2. The number of benzene rings is 1. The van der Waals surface area contributed by atoms with Gasteiger partial charge in [0, 0.05) is 32.2 Å². The molecule has 1 aliphatic heterocycles. The lowest BCUT2D eigenvalue weighted by Crippen LogP contribution is -2.32. The largest absolute Gasteiger partial charge is 0.497 e. The maximum Gasteiger partial charge on any atom is 0.229 e. The van der Waals surface area contributed by atoms with Crippen LogP contribution in [-0.4, -0.2) is 49.9 Å². The first kappa shape index (κ1) is 20.0. The molecule has 9 nitrogen and oxygen atoms in total. The van der Waals surface area contributed by atoms with Crippen LogP contribution in [0.15, 0.2) is 18.2 Å². The van der Waals surface area contributed by atoms with Gasteiger partial charge in [-0.05, 0) is 18.2 Å².